The normalized spacial score (nSPS) is 17.1. The van der Waals surface area contributed by atoms with Gasteiger partial charge in [0.1, 0.15) is 11.6 Å². The van der Waals surface area contributed by atoms with Crippen molar-refractivity contribution in [1.82, 2.24) is 4.90 Å². The van der Waals surface area contributed by atoms with Gasteiger partial charge in [0.05, 0.1) is 5.92 Å². The van der Waals surface area contributed by atoms with Gasteiger partial charge in [0.2, 0.25) is 5.91 Å². The molecular formula is C15H20F2N2O. The van der Waals surface area contributed by atoms with Crippen molar-refractivity contribution in [3.63, 3.8) is 0 Å². The molecule has 2 rings (SSSR count). The van der Waals surface area contributed by atoms with Crippen LogP contribution in [0.3, 0.4) is 0 Å². The van der Waals surface area contributed by atoms with Gasteiger partial charge in [-0.2, -0.15) is 0 Å². The lowest BCUT2D eigenvalue weighted by molar-refractivity contribution is -0.136. The highest BCUT2D eigenvalue weighted by Gasteiger charge is 2.26. The standard InChI is InChI=1S/C15H20F2N2O/c16-13-5-4-6-14(17)12(13)9-11(10-18)15(20)19-7-2-1-3-8-19/h4-6,11H,1-3,7-10,18H2. The molecule has 1 fully saturated rings. The Kier molecular flexibility index (Phi) is 5.06. The quantitative estimate of drug-likeness (QED) is 0.919. The molecule has 110 valence electrons. The number of benzene rings is 1. The lowest BCUT2D eigenvalue weighted by atomic mass is 9.96. The molecule has 5 heteroatoms. The number of amides is 1. The second-order valence-corrected chi connectivity index (χ2v) is 5.22. The van der Waals surface area contributed by atoms with Crippen LogP contribution in [0.2, 0.25) is 0 Å². The summed E-state index contributed by atoms with van der Waals surface area (Å²) in [7, 11) is 0. The molecule has 1 amide bonds. The Hall–Kier alpha value is -1.49. The van der Waals surface area contributed by atoms with Gasteiger partial charge in [0.15, 0.2) is 0 Å². The number of likely N-dealkylation sites (tertiary alicyclic amines) is 1. The molecule has 0 spiro atoms. The van der Waals surface area contributed by atoms with Gasteiger partial charge in [-0.15, -0.1) is 0 Å². The van der Waals surface area contributed by atoms with Gasteiger partial charge in [-0.25, -0.2) is 8.78 Å². The first-order valence-electron chi connectivity index (χ1n) is 7.05. The maximum Gasteiger partial charge on any atom is 0.227 e. The minimum atomic E-state index is -0.616. The Morgan fingerprint density at radius 1 is 1.20 bits per heavy atom. The van der Waals surface area contributed by atoms with Crippen molar-refractivity contribution in [2.45, 2.75) is 25.7 Å². The third-order valence-corrected chi connectivity index (χ3v) is 3.81. The summed E-state index contributed by atoms with van der Waals surface area (Å²) in [5.74, 6) is -1.88. The molecule has 1 aromatic carbocycles. The first kappa shape index (κ1) is 14.9. The van der Waals surface area contributed by atoms with E-state index in [1.54, 1.807) is 4.90 Å². The molecule has 0 saturated carbocycles. The monoisotopic (exact) mass is 282 g/mol. The van der Waals surface area contributed by atoms with E-state index >= 15 is 0 Å². The second kappa shape index (κ2) is 6.79. The first-order chi connectivity index (χ1) is 9.63. The number of rotatable bonds is 4. The number of carbonyl (C=O) groups excluding carboxylic acids is 1. The van der Waals surface area contributed by atoms with E-state index in [1.165, 1.54) is 18.2 Å². The van der Waals surface area contributed by atoms with Crippen molar-refractivity contribution in [3.05, 3.63) is 35.4 Å². The molecule has 0 bridgehead atoms. The Morgan fingerprint density at radius 2 is 1.80 bits per heavy atom. The zero-order chi connectivity index (χ0) is 14.5. The van der Waals surface area contributed by atoms with E-state index in [0.29, 0.717) is 0 Å². The molecule has 1 aliphatic rings. The average molecular weight is 282 g/mol. The molecule has 1 aromatic rings. The lowest BCUT2D eigenvalue weighted by Crippen LogP contribution is -2.42. The van der Waals surface area contributed by atoms with E-state index in [2.05, 4.69) is 0 Å². The predicted molar refractivity (Wildman–Crippen MR) is 73.0 cm³/mol. The average Bonchev–Trinajstić information content (AvgIpc) is 2.47. The number of piperidine rings is 1. The number of hydrogen-bond acceptors (Lipinski definition) is 2. The summed E-state index contributed by atoms with van der Waals surface area (Å²) in [4.78, 5) is 14.1. The zero-order valence-electron chi connectivity index (χ0n) is 11.4. The van der Waals surface area contributed by atoms with Crippen LogP contribution in [0.4, 0.5) is 8.78 Å². The van der Waals surface area contributed by atoms with Gasteiger partial charge in [-0.1, -0.05) is 6.07 Å². The molecule has 3 nitrogen and oxygen atoms in total. The van der Waals surface area contributed by atoms with Crippen LogP contribution in [-0.4, -0.2) is 30.4 Å². The maximum absolute atomic E-state index is 13.6. The smallest absolute Gasteiger partial charge is 0.227 e. The van der Waals surface area contributed by atoms with Gasteiger partial charge >= 0.3 is 0 Å². The zero-order valence-corrected chi connectivity index (χ0v) is 11.4. The van der Waals surface area contributed by atoms with E-state index in [9.17, 15) is 13.6 Å². The van der Waals surface area contributed by atoms with Crippen molar-refractivity contribution in [1.29, 1.82) is 0 Å². The fourth-order valence-corrected chi connectivity index (χ4v) is 2.62. The summed E-state index contributed by atoms with van der Waals surface area (Å²) in [6, 6.07) is 3.73. The summed E-state index contributed by atoms with van der Waals surface area (Å²) in [6.07, 6.45) is 3.11. The van der Waals surface area contributed by atoms with Crippen LogP contribution in [0.1, 0.15) is 24.8 Å². The highest BCUT2D eigenvalue weighted by atomic mass is 19.1. The molecule has 2 N–H and O–H groups in total. The summed E-state index contributed by atoms with van der Waals surface area (Å²) in [5.41, 5.74) is 5.59. The fraction of sp³-hybridized carbons (Fsp3) is 0.533. The number of nitrogens with zero attached hydrogens (tertiary/aromatic N) is 1. The molecule has 0 aliphatic carbocycles. The van der Waals surface area contributed by atoms with Crippen LogP contribution in [0.5, 0.6) is 0 Å². The minimum Gasteiger partial charge on any atom is -0.342 e. The Balaban J connectivity index is 2.10. The molecule has 1 unspecified atom stereocenters. The van der Waals surface area contributed by atoms with Crippen LogP contribution in [-0.2, 0) is 11.2 Å². The molecular weight excluding hydrogens is 262 g/mol. The van der Waals surface area contributed by atoms with Crippen LogP contribution in [0, 0.1) is 17.6 Å². The molecule has 1 saturated heterocycles. The Morgan fingerprint density at radius 3 is 2.35 bits per heavy atom. The third kappa shape index (κ3) is 3.33. The Labute approximate surface area is 117 Å². The SMILES string of the molecule is NCC(Cc1c(F)cccc1F)C(=O)N1CCCCC1. The number of carbonyl (C=O) groups is 1. The van der Waals surface area contributed by atoms with Gasteiger partial charge < -0.3 is 10.6 Å². The minimum absolute atomic E-state index is 0.0182. The van der Waals surface area contributed by atoms with Crippen LogP contribution < -0.4 is 5.73 Å². The highest BCUT2D eigenvalue weighted by molar-refractivity contribution is 5.79. The predicted octanol–water partition coefficient (Wildman–Crippen LogP) is 2.09. The second-order valence-electron chi connectivity index (χ2n) is 5.22. The number of halogens is 2. The van der Waals surface area contributed by atoms with E-state index in [-0.39, 0.29) is 24.4 Å². The Bertz CT molecular complexity index is 453. The molecule has 0 aromatic heterocycles. The third-order valence-electron chi connectivity index (χ3n) is 3.81. The topological polar surface area (TPSA) is 46.3 Å². The van der Waals surface area contributed by atoms with Crippen molar-refractivity contribution in [2.24, 2.45) is 11.7 Å². The summed E-state index contributed by atoms with van der Waals surface area (Å²) in [5, 5.41) is 0. The first-order valence-corrected chi connectivity index (χ1v) is 7.05. The molecule has 0 radical (unpaired) electrons. The lowest BCUT2D eigenvalue weighted by Gasteiger charge is -2.30. The maximum atomic E-state index is 13.6. The van der Waals surface area contributed by atoms with Gasteiger partial charge in [0.25, 0.3) is 0 Å². The van der Waals surface area contributed by atoms with Gasteiger partial charge in [-0.05, 0) is 37.8 Å². The van der Waals surface area contributed by atoms with E-state index < -0.39 is 17.6 Å². The van der Waals surface area contributed by atoms with Crippen LogP contribution in [0.25, 0.3) is 0 Å². The highest BCUT2D eigenvalue weighted by Crippen LogP contribution is 2.19. The van der Waals surface area contributed by atoms with E-state index in [0.717, 1.165) is 32.4 Å². The van der Waals surface area contributed by atoms with E-state index in [4.69, 9.17) is 5.73 Å². The van der Waals surface area contributed by atoms with Crippen molar-refractivity contribution >= 4 is 5.91 Å². The van der Waals surface area contributed by atoms with Gasteiger partial charge in [0, 0.05) is 25.2 Å². The number of nitrogens with two attached hydrogens (primary N) is 1. The summed E-state index contributed by atoms with van der Waals surface area (Å²) < 4.78 is 27.3. The summed E-state index contributed by atoms with van der Waals surface area (Å²) in [6.45, 7) is 1.54. The molecule has 20 heavy (non-hydrogen) atoms. The molecule has 1 atom stereocenters. The molecule has 1 heterocycles. The van der Waals surface area contributed by atoms with Crippen molar-refractivity contribution < 1.29 is 13.6 Å². The molecule has 1 aliphatic heterocycles. The largest absolute Gasteiger partial charge is 0.342 e. The van der Waals surface area contributed by atoms with Crippen LogP contribution >= 0.6 is 0 Å². The number of hydrogen-bond donors (Lipinski definition) is 1. The van der Waals surface area contributed by atoms with Crippen LogP contribution in [0.15, 0.2) is 18.2 Å². The van der Waals surface area contributed by atoms with Gasteiger partial charge in [-0.3, -0.25) is 4.79 Å². The fourth-order valence-electron chi connectivity index (χ4n) is 2.62. The van der Waals surface area contributed by atoms with E-state index in [1.807, 2.05) is 0 Å². The summed E-state index contributed by atoms with van der Waals surface area (Å²) >= 11 is 0. The van der Waals surface area contributed by atoms with Crippen molar-refractivity contribution in [3.8, 4) is 0 Å². The van der Waals surface area contributed by atoms with Crippen molar-refractivity contribution in [2.75, 3.05) is 19.6 Å².